The molecule has 0 aromatic carbocycles. The van der Waals surface area contributed by atoms with Crippen LogP contribution < -0.4 is 43.2 Å². The number of hydrogen-bond donors (Lipinski definition) is 22. The average molecular weight is 1460 g/mol. The maximum atomic E-state index is 13.4. The molecule has 4 saturated heterocycles. The summed E-state index contributed by atoms with van der Waals surface area (Å²) < 4.78 is 46.6. The molecule has 2 unspecified atom stereocenters. The van der Waals surface area contributed by atoms with E-state index < -0.39 is 197 Å². The minimum atomic E-state index is -1.77. The fourth-order valence-corrected chi connectivity index (χ4v) is 10.8. The van der Waals surface area contributed by atoms with Crippen LogP contribution in [-0.2, 0) is 97.6 Å². The minimum absolute atomic E-state index is 0.0193. The number of carbonyl (C=O) groups is 7. The molecule has 0 aliphatic carbocycles. The lowest BCUT2D eigenvalue weighted by Crippen LogP contribution is -2.61. The van der Waals surface area contributed by atoms with E-state index in [1.165, 1.54) is 28.7 Å². The molecule has 22 atom stereocenters. The summed E-state index contributed by atoms with van der Waals surface area (Å²) in [7, 11) is 0. The molecule has 7 amide bonds. The zero-order chi connectivity index (χ0) is 73.9. The molecule has 2 aromatic rings. The van der Waals surface area contributed by atoms with E-state index in [0.29, 0.717) is 49.9 Å². The summed E-state index contributed by atoms with van der Waals surface area (Å²) in [4.78, 5) is 89.3. The Morgan fingerprint density at radius 1 is 0.455 bits per heavy atom. The Bertz CT molecular complexity index is 2870. The van der Waals surface area contributed by atoms with Crippen LogP contribution in [0.15, 0.2) is 12.4 Å². The summed E-state index contributed by atoms with van der Waals surface area (Å²) in [6, 6.07) is -2.21. The molecule has 43 heteroatoms. The van der Waals surface area contributed by atoms with Crippen LogP contribution in [0.1, 0.15) is 95.4 Å². The van der Waals surface area contributed by atoms with Gasteiger partial charge in [0, 0.05) is 45.7 Å². The summed E-state index contributed by atoms with van der Waals surface area (Å²) >= 11 is 0. The molecule has 6 heterocycles. The van der Waals surface area contributed by atoms with Gasteiger partial charge in [0.05, 0.1) is 78.2 Å². The lowest BCUT2D eigenvalue weighted by molar-refractivity contribution is -0.331. The third-order valence-corrected chi connectivity index (χ3v) is 16.8. The number of aliphatic hydroxyl groups excluding tert-OH is 14. The highest BCUT2D eigenvalue weighted by Gasteiger charge is 2.50. The number of hydrogen-bond acceptors (Lipinski definition) is 34. The van der Waals surface area contributed by atoms with E-state index in [9.17, 15) is 105 Å². The molecule has 574 valence electrons. The molecule has 101 heavy (non-hydrogen) atoms. The molecule has 6 rings (SSSR count). The third kappa shape index (κ3) is 26.1. The maximum absolute atomic E-state index is 13.4. The second kappa shape index (κ2) is 42.4. The molecule has 2 aromatic heterocycles. The topological polar surface area (TPSA) is 648 Å². The average Bonchev–Trinajstić information content (AvgIpc) is 1.55. The first-order chi connectivity index (χ1) is 48.2. The Hall–Kier alpha value is -6.35. The number of hydrazine groups is 1. The fourth-order valence-electron chi connectivity index (χ4n) is 10.8. The summed E-state index contributed by atoms with van der Waals surface area (Å²) in [6.07, 6.45) is -26.6. The van der Waals surface area contributed by atoms with Crippen LogP contribution in [0.25, 0.3) is 0 Å². The van der Waals surface area contributed by atoms with Crippen molar-refractivity contribution in [3.05, 3.63) is 23.8 Å². The van der Waals surface area contributed by atoms with Crippen molar-refractivity contribution in [2.24, 2.45) is 5.84 Å². The van der Waals surface area contributed by atoms with Crippen molar-refractivity contribution in [1.82, 2.24) is 67.3 Å². The molecule has 0 radical (unpaired) electrons. The highest BCUT2D eigenvalue weighted by atomic mass is 16.7. The van der Waals surface area contributed by atoms with E-state index >= 15 is 0 Å². The van der Waals surface area contributed by atoms with Crippen LogP contribution >= 0.6 is 0 Å². The zero-order valence-corrected chi connectivity index (χ0v) is 55.5. The van der Waals surface area contributed by atoms with Crippen LogP contribution in [0.5, 0.6) is 0 Å². The predicted octanol–water partition coefficient (Wildman–Crippen LogP) is -12.0. The van der Waals surface area contributed by atoms with Crippen LogP contribution in [-0.4, -0.2) is 330 Å². The van der Waals surface area contributed by atoms with Crippen LogP contribution in [0, 0.1) is 0 Å². The Labute approximate surface area is 577 Å². The first-order valence-corrected chi connectivity index (χ1v) is 33.1. The summed E-state index contributed by atoms with van der Waals surface area (Å²) in [6.45, 7) is -1.45. The van der Waals surface area contributed by atoms with Gasteiger partial charge in [-0.25, -0.2) is 15.2 Å². The Morgan fingerprint density at radius 2 is 0.822 bits per heavy atom. The zero-order valence-electron chi connectivity index (χ0n) is 55.5. The highest BCUT2D eigenvalue weighted by Crippen LogP contribution is 2.28. The van der Waals surface area contributed by atoms with Crippen LogP contribution in [0.3, 0.4) is 0 Å². The molecule has 4 fully saturated rings. The molecular weight excluding hydrogens is 1360 g/mol. The van der Waals surface area contributed by atoms with Gasteiger partial charge in [0.1, 0.15) is 121 Å². The summed E-state index contributed by atoms with van der Waals surface area (Å²) in [5.41, 5.74) is 2.68. The number of unbranched alkanes of at least 4 members (excludes halogenated alkanes) is 4. The van der Waals surface area contributed by atoms with Gasteiger partial charge in [0.25, 0.3) is 0 Å². The normalized spacial score (nSPS) is 30.3. The van der Waals surface area contributed by atoms with Crippen molar-refractivity contribution in [2.75, 3.05) is 52.7 Å². The fraction of sp³-hybridized carbons (Fsp3) is 0.810. The van der Waals surface area contributed by atoms with E-state index in [4.69, 9.17) is 43.7 Å². The van der Waals surface area contributed by atoms with Gasteiger partial charge in [0.15, 0.2) is 25.2 Å². The minimum Gasteiger partial charge on any atom is -0.394 e. The number of aromatic nitrogens is 6. The second-order valence-electron chi connectivity index (χ2n) is 24.6. The first kappa shape index (κ1) is 83.6. The number of carbonyl (C=O) groups excluding carboxylic acids is 7. The quantitative estimate of drug-likeness (QED) is 0.0127. The van der Waals surface area contributed by atoms with Crippen molar-refractivity contribution in [3.63, 3.8) is 0 Å². The van der Waals surface area contributed by atoms with Gasteiger partial charge < -0.3 is 141 Å². The van der Waals surface area contributed by atoms with Gasteiger partial charge in [-0.05, 0) is 38.5 Å². The maximum Gasteiger partial charge on any atom is 0.242 e. The van der Waals surface area contributed by atoms with Crippen molar-refractivity contribution < 1.29 is 143 Å². The Kier molecular flexibility index (Phi) is 35.1. The number of nitrogens with one attached hydrogen (secondary N) is 7. The number of amides is 7. The molecule has 0 spiro atoms. The van der Waals surface area contributed by atoms with E-state index in [1.54, 1.807) is 0 Å². The first-order valence-electron chi connectivity index (χ1n) is 33.1. The van der Waals surface area contributed by atoms with Gasteiger partial charge in [-0.1, -0.05) is 23.3 Å². The van der Waals surface area contributed by atoms with E-state index in [2.05, 4.69) is 52.5 Å². The molecule has 0 saturated carbocycles. The lowest BCUT2D eigenvalue weighted by Gasteiger charge is -2.42. The number of aliphatic hydroxyl groups is 14. The van der Waals surface area contributed by atoms with Gasteiger partial charge in [-0.3, -0.25) is 39.0 Å². The SMILES string of the molecule is CC(=O)NC(CCC(=O)NCc1cn(CCO[C@H]2O[C@H](CO[C@H]3O[C@H](CO)[C@@H](O)[C@H](O)[C@@H]3O)[C@@H](O)[C@H](O)[C@@H]2O)nn1)C(=O)NCCCCCC(=O)NC(CCC(=O)NCc1cn(CCO[C@H]2O[C@H](CO[C@H]3O[C@H](CO)[C@@H](O)[C@H](O)[C@@H]3O)[C@@H](O)[C@H](O)[C@@H]2O)nn1)C(=O)NCCCCCC(=O)NN. The van der Waals surface area contributed by atoms with Crippen molar-refractivity contribution >= 4 is 41.4 Å². The largest absolute Gasteiger partial charge is 0.394 e. The summed E-state index contributed by atoms with van der Waals surface area (Å²) in [5, 5.41) is 175. The van der Waals surface area contributed by atoms with Crippen LogP contribution in [0.4, 0.5) is 0 Å². The van der Waals surface area contributed by atoms with Crippen molar-refractivity contribution in [3.8, 4) is 0 Å². The highest BCUT2D eigenvalue weighted by molar-refractivity contribution is 5.89. The van der Waals surface area contributed by atoms with Crippen molar-refractivity contribution in [1.29, 1.82) is 0 Å². The van der Waals surface area contributed by atoms with Gasteiger partial charge in [0.2, 0.25) is 41.4 Å². The molecule has 0 bridgehead atoms. The smallest absolute Gasteiger partial charge is 0.242 e. The van der Waals surface area contributed by atoms with Gasteiger partial charge in [-0.2, -0.15) is 0 Å². The van der Waals surface area contributed by atoms with Crippen molar-refractivity contribution in [2.45, 2.75) is 245 Å². The van der Waals surface area contributed by atoms with Gasteiger partial charge >= 0.3 is 0 Å². The second-order valence-corrected chi connectivity index (χ2v) is 24.6. The number of nitrogens with two attached hydrogens (primary N) is 1. The molecule has 23 N–H and O–H groups in total. The van der Waals surface area contributed by atoms with E-state index in [0.717, 1.165) is 0 Å². The predicted molar refractivity (Wildman–Crippen MR) is 332 cm³/mol. The van der Waals surface area contributed by atoms with E-state index in [1.807, 2.05) is 5.43 Å². The Morgan fingerprint density at radius 3 is 1.21 bits per heavy atom. The van der Waals surface area contributed by atoms with Gasteiger partial charge in [-0.15, -0.1) is 10.2 Å². The molecular formula is C58H98N14O29. The standard InChI is InChI=1S/C58H98N14O29/c1-28(75)64-31(10-12-37(76)62-20-29-22-71(69-67-29)16-18-94-55-49(88)47(86)43(82)35(100-55)26-96-57-51(90)45(84)41(80)33(24-73)98-57)53(92)60-14-6-2-4-8-39(78)65-32(54(93)61-15-7-3-5-9-40(79)66-59)11-13-38(77)63-21-30-23-72(70-68-30)17-19-95-56-50(89)48(87)44(83)36(101-56)27-97-58-52(91)46(85)42(81)34(25-74)99-58/h22-23,31-36,41-52,55-58,73-74,80-91H,2-21,24-27,59H2,1H3,(H,60,92)(H,61,93)(H,62,76)(H,63,77)(H,64,75)(H,65,78)(H,66,79)/t31?,32?,33-,34-,35-,36-,41-,42-,43-,44-,45+,46+,47+,48+,49+,50+,51+,52+,55+,56+,57+,58+/m1/s1. The molecule has 4 aliphatic heterocycles. The third-order valence-electron chi connectivity index (χ3n) is 16.8. The number of ether oxygens (including phenoxy) is 8. The Balaban J connectivity index is 0.865. The monoisotopic (exact) mass is 1450 g/mol. The lowest BCUT2D eigenvalue weighted by atomic mass is 9.98. The van der Waals surface area contributed by atoms with Crippen LogP contribution in [0.2, 0.25) is 0 Å². The molecule has 4 aliphatic rings. The summed E-state index contributed by atoms with van der Waals surface area (Å²) in [5.74, 6) is 1.69. The number of nitrogens with zero attached hydrogens (tertiary/aromatic N) is 6. The number of rotatable bonds is 42. The molecule has 43 nitrogen and oxygen atoms in total. The van der Waals surface area contributed by atoms with E-state index in [-0.39, 0.29) is 96.9 Å².